The zero-order valence-electron chi connectivity index (χ0n) is 14.7. The van der Waals surface area contributed by atoms with Crippen LogP contribution < -0.4 is 0 Å². The van der Waals surface area contributed by atoms with Gasteiger partial charge in [-0.05, 0) is 69.6 Å². The molecule has 0 aromatic rings. The first-order valence-corrected chi connectivity index (χ1v) is 9.50. The molecule has 0 aromatic carbocycles. The first-order valence-electron chi connectivity index (χ1n) is 9.50. The van der Waals surface area contributed by atoms with E-state index in [2.05, 4.69) is 4.90 Å². The summed E-state index contributed by atoms with van der Waals surface area (Å²) in [5, 5.41) is 0. The van der Waals surface area contributed by atoms with Gasteiger partial charge in [-0.25, -0.2) is 0 Å². The van der Waals surface area contributed by atoms with E-state index in [4.69, 9.17) is 0 Å². The van der Waals surface area contributed by atoms with Gasteiger partial charge in [-0.3, -0.25) is 9.59 Å². The molecule has 4 nitrogen and oxygen atoms in total. The number of hydrogen-bond acceptors (Lipinski definition) is 2. The van der Waals surface area contributed by atoms with Gasteiger partial charge in [0.05, 0.1) is 5.92 Å². The standard InChI is InChI=1S/C19H30N2O2/c1-11(2)21-10-16(9-17(21)22)19(23)20(3)18-14-5-12-4-13(7-14)8-15(18)6-12/h11-16,18H,4-10H2,1-3H3. The van der Waals surface area contributed by atoms with Gasteiger partial charge in [0.25, 0.3) is 0 Å². The minimum Gasteiger partial charge on any atom is -0.342 e. The maximum Gasteiger partial charge on any atom is 0.228 e. The van der Waals surface area contributed by atoms with E-state index in [1.165, 1.54) is 32.1 Å². The fourth-order valence-corrected chi connectivity index (χ4v) is 6.36. The van der Waals surface area contributed by atoms with Gasteiger partial charge >= 0.3 is 0 Å². The van der Waals surface area contributed by atoms with Crippen LogP contribution in [0.2, 0.25) is 0 Å². The van der Waals surface area contributed by atoms with Crippen LogP contribution in [-0.4, -0.2) is 47.3 Å². The van der Waals surface area contributed by atoms with Gasteiger partial charge in [0.2, 0.25) is 11.8 Å². The third kappa shape index (κ3) is 2.49. The largest absolute Gasteiger partial charge is 0.342 e. The van der Waals surface area contributed by atoms with E-state index < -0.39 is 0 Å². The Morgan fingerprint density at radius 3 is 2.13 bits per heavy atom. The fraction of sp³-hybridized carbons (Fsp3) is 0.895. The van der Waals surface area contributed by atoms with Gasteiger partial charge < -0.3 is 9.80 Å². The molecule has 0 aromatic heterocycles. The second kappa shape index (κ2) is 5.49. The lowest BCUT2D eigenvalue weighted by atomic mass is 9.54. The average Bonchev–Trinajstić information content (AvgIpc) is 2.87. The molecule has 5 fully saturated rings. The number of rotatable bonds is 3. The molecule has 23 heavy (non-hydrogen) atoms. The van der Waals surface area contributed by atoms with Gasteiger partial charge in [0, 0.05) is 32.1 Å². The molecule has 5 rings (SSSR count). The van der Waals surface area contributed by atoms with Gasteiger partial charge in [0.15, 0.2) is 0 Å². The first-order chi connectivity index (χ1) is 10.9. The SMILES string of the molecule is CC(C)N1CC(C(=O)N(C)C2C3CC4CC(C3)CC2C4)CC1=O. The number of nitrogens with zero attached hydrogens (tertiary/aromatic N) is 2. The highest BCUT2D eigenvalue weighted by atomic mass is 16.2. The molecule has 2 amide bonds. The third-order valence-corrected chi connectivity index (χ3v) is 7.10. The Morgan fingerprint density at radius 1 is 1.09 bits per heavy atom. The lowest BCUT2D eigenvalue weighted by molar-refractivity contribution is -0.145. The molecule has 1 saturated heterocycles. The fourth-order valence-electron chi connectivity index (χ4n) is 6.36. The Bertz CT molecular complexity index is 487. The molecule has 1 unspecified atom stereocenters. The lowest BCUT2D eigenvalue weighted by Gasteiger charge is -2.56. The van der Waals surface area contributed by atoms with E-state index in [0.717, 1.165) is 23.7 Å². The molecule has 0 radical (unpaired) electrons. The number of hydrogen-bond donors (Lipinski definition) is 0. The molecular weight excluding hydrogens is 288 g/mol. The van der Waals surface area contributed by atoms with Gasteiger partial charge in [0.1, 0.15) is 0 Å². The quantitative estimate of drug-likeness (QED) is 0.802. The summed E-state index contributed by atoms with van der Waals surface area (Å²) in [7, 11) is 2.01. The highest BCUT2D eigenvalue weighted by molar-refractivity contribution is 5.89. The van der Waals surface area contributed by atoms with E-state index >= 15 is 0 Å². The maximum absolute atomic E-state index is 13.0. The van der Waals surface area contributed by atoms with Crippen molar-refractivity contribution in [3.05, 3.63) is 0 Å². The number of carbonyl (C=O) groups is 2. The highest BCUT2D eigenvalue weighted by Crippen LogP contribution is 2.55. The van der Waals surface area contributed by atoms with Crippen LogP contribution in [0.3, 0.4) is 0 Å². The Morgan fingerprint density at radius 2 is 1.65 bits per heavy atom. The minimum absolute atomic E-state index is 0.118. The molecule has 5 aliphatic rings. The number of carbonyl (C=O) groups excluding carboxylic acids is 2. The van der Waals surface area contributed by atoms with Crippen molar-refractivity contribution in [2.45, 2.75) is 64.5 Å². The van der Waals surface area contributed by atoms with Crippen molar-refractivity contribution in [2.24, 2.45) is 29.6 Å². The predicted molar refractivity (Wildman–Crippen MR) is 88.6 cm³/mol. The molecule has 0 N–H and O–H groups in total. The Hall–Kier alpha value is -1.06. The van der Waals surface area contributed by atoms with E-state index in [9.17, 15) is 9.59 Å². The monoisotopic (exact) mass is 318 g/mol. The van der Waals surface area contributed by atoms with E-state index in [1.807, 2.05) is 25.8 Å². The van der Waals surface area contributed by atoms with Crippen molar-refractivity contribution in [1.82, 2.24) is 9.80 Å². The molecule has 1 heterocycles. The zero-order valence-corrected chi connectivity index (χ0v) is 14.7. The topological polar surface area (TPSA) is 40.6 Å². The van der Waals surface area contributed by atoms with Crippen molar-refractivity contribution in [3.8, 4) is 0 Å². The van der Waals surface area contributed by atoms with E-state index in [0.29, 0.717) is 19.0 Å². The summed E-state index contributed by atoms with van der Waals surface area (Å²) in [6.45, 7) is 4.69. The summed E-state index contributed by atoms with van der Waals surface area (Å²) in [6, 6.07) is 0.644. The summed E-state index contributed by atoms with van der Waals surface area (Å²) in [4.78, 5) is 29.1. The Kier molecular flexibility index (Phi) is 3.69. The van der Waals surface area contributed by atoms with E-state index in [-0.39, 0.29) is 23.8 Å². The summed E-state index contributed by atoms with van der Waals surface area (Å²) < 4.78 is 0. The van der Waals surface area contributed by atoms with E-state index in [1.54, 1.807) is 0 Å². The van der Waals surface area contributed by atoms with Crippen molar-refractivity contribution in [3.63, 3.8) is 0 Å². The summed E-state index contributed by atoms with van der Waals surface area (Å²) in [5.41, 5.74) is 0. The van der Waals surface area contributed by atoms with Crippen molar-refractivity contribution >= 4 is 11.8 Å². The highest BCUT2D eigenvalue weighted by Gasteiger charge is 2.51. The second-order valence-electron chi connectivity index (χ2n) is 8.91. The second-order valence-corrected chi connectivity index (χ2v) is 8.91. The summed E-state index contributed by atoms with van der Waals surface area (Å²) in [5.74, 6) is 3.56. The van der Waals surface area contributed by atoms with Crippen LogP contribution in [0.5, 0.6) is 0 Å². The molecule has 1 atom stereocenters. The predicted octanol–water partition coefficient (Wildman–Crippen LogP) is 2.53. The smallest absolute Gasteiger partial charge is 0.228 e. The van der Waals surface area contributed by atoms with Crippen molar-refractivity contribution < 1.29 is 9.59 Å². The number of amides is 2. The Balaban J connectivity index is 1.46. The molecule has 4 saturated carbocycles. The van der Waals surface area contributed by atoms with Crippen LogP contribution in [0, 0.1) is 29.6 Å². The van der Waals surface area contributed by atoms with Crippen LogP contribution in [0.15, 0.2) is 0 Å². The normalized spacial score (nSPS) is 41.9. The minimum atomic E-state index is -0.118. The van der Waals surface area contributed by atoms with Crippen LogP contribution in [0.25, 0.3) is 0 Å². The first kappa shape index (κ1) is 15.5. The van der Waals surface area contributed by atoms with Crippen LogP contribution in [0.4, 0.5) is 0 Å². The van der Waals surface area contributed by atoms with Crippen molar-refractivity contribution in [2.75, 3.05) is 13.6 Å². The third-order valence-electron chi connectivity index (χ3n) is 7.10. The average molecular weight is 318 g/mol. The molecule has 4 bridgehead atoms. The molecule has 4 heteroatoms. The molecule has 1 aliphatic heterocycles. The summed E-state index contributed by atoms with van der Waals surface area (Å²) in [6.07, 6.45) is 7.18. The molecule has 128 valence electrons. The van der Waals surface area contributed by atoms with Gasteiger partial charge in [-0.15, -0.1) is 0 Å². The van der Waals surface area contributed by atoms with Crippen LogP contribution >= 0.6 is 0 Å². The van der Waals surface area contributed by atoms with Crippen LogP contribution in [0.1, 0.15) is 52.4 Å². The molecule has 0 spiro atoms. The van der Waals surface area contributed by atoms with Crippen molar-refractivity contribution in [1.29, 1.82) is 0 Å². The zero-order chi connectivity index (χ0) is 16.3. The van der Waals surface area contributed by atoms with Gasteiger partial charge in [-0.1, -0.05) is 0 Å². The van der Waals surface area contributed by atoms with Gasteiger partial charge in [-0.2, -0.15) is 0 Å². The lowest BCUT2D eigenvalue weighted by Crippen LogP contribution is -2.57. The molecular formula is C19H30N2O2. The maximum atomic E-state index is 13.0. The van der Waals surface area contributed by atoms with Crippen LogP contribution in [-0.2, 0) is 9.59 Å². The molecule has 4 aliphatic carbocycles. The Labute approximate surface area is 139 Å². The number of likely N-dealkylation sites (tertiary alicyclic amines) is 1. The summed E-state index contributed by atoms with van der Waals surface area (Å²) >= 11 is 0.